The lowest BCUT2D eigenvalue weighted by Crippen LogP contribution is -2.11. The molecule has 3 heteroatoms. The third-order valence-corrected chi connectivity index (χ3v) is 3.20. The van der Waals surface area contributed by atoms with Crippen LogP contribution in [0.2, 0.25) is 0 Å². The molecule has 0 spiro atoms. The maximum Gasteiger partial charge on any atom is 0.119 e. The first-order valence-corrected chi connectivity index (χ1v) is 6.40. The first kappa shape index (κ1) is 12.2. The van der Waals surface area contributed by atoms with Crippen LogP contribution in [0.25, 0.3) is 0 Å². The first-order valence-electron chi connectivity index (χ1n) is 6.40. The Morgan fingerprint density at radius 1 is 1.06 bits per heavy atom. The van der Waals surface area contributed by atoms with Gasteiger partial charge in [-0.2, -0.15) is 0 Å². The first-order chi connectivity index (χ1) is 8.34. The van der Waals surface area contributed by atoms with Crippen molar-refractivity contribution in [1.82, 2.24) is 0 Å². The summed E-state index contributed by atoms with van der Waals surface area (Å²) in [4.78, 5) is 0. The van der Waals surface area contributed by atoms with E-state index < -0.39 is 0 Å². The van der Waals surface area contributed by atoms with Crippen molar-refractivity contribution in [2.75, 3.05) is 25.6 Å². The molecule has 1 aliphatic rings. The zero-order chi connectivity index (χ0) is 11.9. The molecule has 0 amide bonds. The smallest absolute Gasteiger partial charge is 0.119 e. The van der Waals surface area contributed by atoms with Crippen LogP contribution in [-0.4, -0.2) is 19.8 Å². The number of ether oxygens (including phenoxy) is 2. The van der Waals surface area contributed by atoms with Crippen molar-refractivity contribution in [3.05, 3.63) is 24.3 Å². The van der Waals surface area contributed by atoms with Gasteiger partial charge < -0.3 is 15.2 Å². The van der Waals surface area contributed by atoms with Crippen LogP contribution in [0.1, 0.15) is 25.7 Å². The molecule has 0 bridgehead atoms. The molecule has 0 heterocycles. The van der Waals surface area contributed by atoms with Gasteiger partial charge in [0, 0.05) is 12.3 Å². The lowest BCUT2D eigenvalue weighted by atomic mass is 10.1. The summed E-state index contributed by atoms with van der Waals surface area (Å²) < 4.78 is 11.2. The number of hydrogen-bond donors (Lipinski definition) is 1. The molecule has 1 aliphatic carbocycles. The van der Waals surface area contributed by atoms with Crippen molar-refractivity contribution in [1.29, 1.82) is 0 Å². The van der Waals surface area contributed by atoms with Gasteiger partial charge in [-0.1, -0.05) is 12.8 Å². The van der Waals surface area contributed by atoms with Crippen LogP contribution < -0.4 is 10.5 Å². The minimum absolute atomic E-state index is 0.608. The van der Waals surface area contributed by atoms with Gasteiger partial charge in [0.05, 0.1) is 6.61 Å². The van der Waals surface area contributed by atoms with Gasteiger partial charge in [0.25, 0.3) is 0 Å². The van der Waals surface area contributed by atoms with E-state index in [0.717, 1.165) is 24.0 Å². The van der Waals surface area contributed by atoms with E-state index >= 15 is 0 Å². The summed E-state index contributed by atoms with van der Waals surface area (Å²) in [7, 11) is 0. The van der Waals surface area contributed by atoms with Crippen LogP contribution in [0.3, 0.4) is 0 Å². The molecule has 2 rings (SSSR count). The molecule has 1 aromatic carbocycles. The molecule has 0 aromatic heterocycles. The van der Waals surface area contributed by atoms with E-state index in [1.165, 1.54) is 25.7 Å². The Hall–Kier alpha value is -1.22. The average Bonchev–Trinajstić information content (AvgIpc) is 2.84. The molecule has 17 heavy (non-hydrogen) atoms. The fraction of sp³-hybridized carbons (Fsp3) is 0.571. The Morgan fingerprint density at radius 3 is 2.47 bits per heavy atom. The number of rotatable bonds is 6. The van der Waals surface area contributed by atoms with Gasteiger partial charge in [0.2, 0.25) is 0 Å². The van der Waals surface area contributed by atoms with E-state index in [-0.39, 0.29) is 0 Å². The summed E-state index contributed by atoms with van der Waals surface area (Å²) in [5.41, 5.74) is 6.35. The quantitative estimate of drug-likeness (QED) is 0.609. The fourth-order valence-electron chi connectivity index (χ4n) is 2.21. The molecule has 0 unspecified atom stereocenters. The van der Waals surface area contributed by atoms with Gasteiger partial charge in [-0.25, -0.2) is 0 Å². The van der Waals surface area contributed by atoms with Crippen LogP contribution >= 0.6 is 0 Å². The molecule has 1 saturated carbocycles. The van der Waals surface area contributed by atoms with E-state index in [1.807, 2.05) is 24.3 Å². The molecule has 1 aromatic rings. The maximum absolute atomic E-state index is 5.61. The molecule has 2 N–H and O–H groups in total. The zero-order valence-electron chi connectivity index (χ0n) is 10.2. The lowest BCUT2D eigenvalue weighted by Gasteiger charge is -2.10. The average molecular weight is 235 g/mol. The number of nitrogens with two attached hydrogens (primary N) is 1. The summed E-state index contributed by atoms with van der Waals surface area (Å²) in [6.45, 7) is 2.17. The van der Waals surface area contributed by atoms with Crippen molar-refractivity contribution < 1.29 is 9.47 Å². The predicted molar refractivity (Wildman–Crippen MR) is 69.1 cm³/mol. The van der Waals surface area contributed by atoms with E-state index in [4.69, 9.17) is 15.2 Å². The Balaban J connectivity index is 1.55. The summed E-state index contributed by atoms with van der Waals surface area (Å²) in [5, 5.41) is 0. The van der Waals surface area contributed by atoms with Crippen LogP contribution in [0.15, 0.2) is 24.3 Å². The molecule has 94 valence electrons. The third kappa shape index (κ3) is 4.27. The number of hydrogen-bond acceptors (Lipinski definition) is 3. The standard InChI is InChI=1S/C14H21NO2/c15-13-5-7-14(8-6-13)17-10-9-16-11-12-3-1-2-4-12/h5-8,12H,1-4,9-11,15H2. The monoisotopic (exact) mass is 235 g/mol. The zero-order valence-corrected chi connectivity index (χ0v) is 10.2. The van der Waals surface area contributed by atoms with Crippen LogP contribution in [0, 0.1) is 5.92 Å². The van der Waals surface area contributed by atoms with E-state index in [2.05, 4.69) is 0 Å². The minimum Gasteiger partial charge on any atom is -0.491 e. The highest BCUT2D eigenvalue weighted by Gasteiger charge is 2.14. The van der Waals surface area contributed by atoms with Crippen LogP contribution in [0.4, 0.5) is 5.69 Å². The lowest BCUT2D eigenvalue weighted by molar-refractivity contribution is 0.0754. The van der Waals surface area contributed by atoms with Gasteiger partial charge in [0.15, 0.2) is 0 Å². The largest absolute Gasteiger partial charge is 0.491 e. The SMILES string of the molecule is Nc1ccc(OCCOCC2CCCC2)cc1. The Labute approximate surface area is 103 Å². The van der Waals surface area contributed by atoms with Gasteiger partial charge in [-0.15, -0.1) is 0 Å². The normalized spacial score (nSPS) is 16.2. The van der Waals surface area contributed by atoms with Crippen LogP contribution in [0.5, 0.6) is 5.75 Å². The number of anilines is 1. The Bertz CT molecular complexity index is 317. The second-order valence-corrected chi connectivity index (χ2v) is 4.64. The molecule has 0 radical (unpaired) electrons. The number of nitrogen functional groups attached to an aromatic ring is 1. The highest BCUT2D eigenvalue weighted by atomic mass is 16.5. The molecule has 1 fully saturated rings. The maximum atomic E-state index is 5.61. The van der Waals surface area contributed by atoms with E-state index in [9.17, 15) is 0 Å². The highest BCUT2D eigenvalue weighted by molar-refractivity contribution is 5.41. The molecule has 0 atom stereocenters. The summed E-state index contributed by atoms with van der Waals surface area (Å²) in [6.07, 6.45) is 5.41. The summed E-state index contributed by atoms with van der Waals surface area (Å²) in [6, 6.07) is 7.45. The fourth-order valence-corrected chi connectivity index (χ4v) is 2.21. The number of benzene rings is 1. The third-order valence-electron chi connectivity index (χ3n) is 3.20. The highest BCUT2D eigenvalue weighted by Crippen LogP contribution is 2.24. The molecular weight excluding hydrogens is 214 g/mol. The van der Waals surface area contributed by atoms with Gasteiger partial charge in [0.1, 0.15) is 12.4 Å². The van der Waals surface area contributed by atoms with Crippen molar-refractivity contribution >= 4 is 5.69 Å². The second kappa shape index (κ2) is 6.50. The van der Waals surface area contributed by atoms with Crippen molar-refractivity contribution in [3.63, 3.8) is 0 Å². The Morgan fingerprint density at radius 2 is 1.76 bits per heavy atom. The molecule has 0 saturated heterocycles. The summed E-state index contributed by atoms with van der Waals surface area (Å²) >= 11 is 0. The van der Waals surface area contributed by atoms with Gasteiger partial charge in [-0.3, -0.25) is 0 Å². The van der Waals surface area contributed by atoms with E-state index in [0.29, 0.717) is 13.2 Å². The predicted octanol–water partition coefficient (Wildman–Crippen LogP) is 2.85. The van der Waals surface area contributed by atoms with Gasteiger partial charge in [-0.05, 0) is 43.0 Å². The molecule has 3 nitrogen and oxygen atoms in total. The van der Waals surface area contributed by atoms with Crippen molar-refractivity contribution in [3.8, 4) is 5.75 Å². The Kier molecular flexibility index (Phi) is 4.68. The van der Waals surface area contributed by atoms with Crippen molar-refractivity contribution in [2.45, 2.75) is 25.7 Å². The van der Waals surface area contributed by atoms with Crippen LogP contribution in [-0.2, 0) is 4.74 Å². The van der Waals surface area contributed by atoms with Gasteiger partial charge >= 0.3 is 0 Å². The molecular formula is C14H21NO2. The minimum atomic E-state index is 0.608. The van der Waals surface area contributed by atoms with Crippen molar-refractivity contribution in [2.24, 2.45) is 5.92 Å². The van der Waals surface area contributed by atoms with E-state index in [1.54, 1.807) is 0 Å². The second-order valence-electron chi connectivity index (χ2n) is 4.64. The topological polar surface area (TPSA) is 44.5 Å². The summed E-state index contributed by atoms with van der Waals surface area (Å²) in [5.74, 6) is 1.63. The molecule has 0 aliphatic heterocycles.